The summed E-state index contributed by atoms with van der Waals surface area (Å²) in [6.45, 7) is 2.13. The number of nitrogens with one attached hydrogen (secondary N) is 1. The van der Waals surface area contributed by atoms with Gasteiger partial charge in [-0.15, -0.1) is 0 Å². The third kappa shape index (κ3) is 3.17. The second kappa shape index (κ2) is 5.77. The largest absolute Gasteiger partial charge is 0.348 e. The van der Waals surface area contributed by atoms with E-state index in [-0.39, 0.29) is 11.6 Å². The second-order valence-corrected chi connectivity index (χ2v) is 4.36. The first-order valence-electron chi connectivity index (χ1n) is 5.90. The summed E-state index contributed by atoms with van der Waals surface area (Å²) in [6, 6.07) is 2.75. The van der Waals surface area contributed by atoms with E-state index < -0.39 is 23.4 Å². The molecule has 0 aliphatic rings. The van der Waals surface area contributed by atoms with Crippen molar-refractivity contribution in [3.63, 3.8) is 0 Å². The van der Waals surface area contributed by atoms with Crippen LogP contribution in [0.3, 0.4) is 0 Å². The molecule has 0 saturated carbocycles. The van der Waals surface area contributed by atoms with Gasteiger partial charge in [0, 0.05) is 24.0 Å². The Hall–Kier alpha value is -2.31. The third-order valence-corrected chi connectivity index (χ3v) is 2.64. The molecule has 0 spiro atoms. The van der Waals surface area contributed by atoms with Gasteiger partial charge in [0.15, 0.2) is 17.5 Å². The number of benzene rings is 1. The summed E-state index contributed by atoms with van der Waals surface area (Å²) in [7, 11) is 0. The van der Waals surface area contributed by atoms with E-state index in [1.165, 1.54) is 0 Å². The average Bonchev–Trinajstić information content (AvgIpc) is 2.87. The van der Waals surface area contributed by atoms with Crippen LogP contribution in [0.25, 0.3) is 0 Å². The summed E-state index contributed by atoms with van der Waals surface area (Å²) in [5, 5.41) is 6.52. The molecule has 0 bridgehead atoms. The molecule has 4 nitrogen and oxygen atoms in total. The first-order valence-corrected chi connectivity index (χ1v) is 5.90. The molecule has 0 saturated heterocycles. The van der Waals surface area contributed by atoms with Gasteiger partial charge in [0.2, 0.25) is 0 Å². The van der Waals surface area contributed by atoms with Crippen molar-refractivity contribution in [3.8, 4) is 0 Å². The van der Waals surface area contributed by atoms with Gasteiger partial charge >= 0.3 is 0 Å². The maximum Gasteiger partial charge on any atom is 0.251 e. The fourth-order valence-corrected chi connectivity index (χ4v) is 1.73. The zero-order valence-electron chi connectivity index (χ0n) is 10.6. The first kappa shape index (κ1) is 14.1. The van der Waals surface area contributed by atoms with Crippen molar-refractivity contribution in [2.45, 2.75) is 19.5 Å². The SMILES string of the molecule is CC(Cn1cccn1)NC(=O)c1cc(F)c(F)c(F)c1. The number of carbonyl (C=O) groups is 1. The third-order valence-electron chi connectivity index (χ3n) is 2.64. The van der Waals surface area contributed by atoms with Gasteiger partial charge in [-0.05, 0) is 25.1 Å². The van der Waals surface area contributed by atoms with Crippen LogP contribution in [0, 0.1) is 17.5 Å². The monoisotopic (exact) mass is 283 g/mol. The molecule has 1 unspecified atom stereocenters. The number of rotatable bonds is 4. The molecule has 1 heterocycles. The molecule has 20 heavy (non-hydrogen) atoms. The summed E-state index contributed by atoms with van der Waals surface area (Å²) >= 11 is 0. The number of carbonyl (C=O) groups excluding carboxylic acids is 1. The van der Waals surface area contributed by atoms with Crippen molar-refractivity contribution in [1.29, 1.82) is 0 Å². The first-order chi connectivity index (χ1) is 9.47. The van der Waals surface area contributed by atoms with E-state index in [0.29, 0.717) is 18.7 Å². The zero-order valence-corrected chi connectivity index (χ0v) is 10.6. The van der Waals surface area contributed by atoms with Crippen LogP contribution in [0.2, 0.25) is 0 Å². The maximum atomic E-state index is 13.0. The fraction of sp³-hybridized carbons (Fsp3) is 0.231. The molecule has 2 aromatic rings. The Bertz CT molecular complexity index is 590. The topological polar surface area (TPSA) is 46.9 Å². The molecule has 1 amide bonds. The molecule has 0 radical (unpaired) electrons. The number of aromatic nitrogens is 2. The smallest absolute Gasteiger partial charge is 0.251 e. The lowest BCUT2D eigenvalue weighted by atomic mass is 10.2. The minimum atomic E-state index is -1.59. The molecule has 2 rings (SSSR count). The number of hydrogen-bond acceptors (Lipinski definition) is 2. The van der Waals surface area contributed by atoms with Crippen molar-refractivity contribution < 1.29 is 18.0 Å². The van der Waals surface area contributed by atoms with E-state index in [1.807, 2.05) is 0 Å². The lowest BCUT2D eigenvalue weighted by molar-refractivity contribution is 0.0935. The minimum absolute atomic E-state index is 0.270. The van der Waals surface area contributed by atoms with E-state index in [9.17, 15) is 18.0 Å². The van der Waals surface area contributed by atoms with Crippen LogP contribution in [0.15, 0.2) is 30.6 Å². The van der Waals surface area contributed by atoms with Crippen LogP contribution >= 0.6 is 0 Å². The van der Waals surface area contributed by atoms with E-state index in [1.54, 1.807) is 30.1 Å². The van der Waals surface area contributed by atoms with Gasteiger partial charge in [-0.2, -0.15) is 5.10 Å². The summed E-state index contributed by atoms with van der Waals surface area (Å²) < 4.78 is 40.5. The number of halogens is 3. The van der Waals surface area contributed by atoms with Crippen LogP contribution < -0.4 is 5.32 Å². The lowest BCUT2D eigenvalue weighted by Crippen LogP contribution is -2.36. The molecular formula is C13H12F3N3O. The number of hydrogen-bond donors (Lipinski definition) is 1. The maximum absolute atomic E-state index is 13.0. The standard InChI is InChI=1S/C13H12F3N3O/c1-8(7-19-4-2-3-17-19)18-13(20)9-5-10(14)12(16)11(15)6-9/h2-6,8H,7H2,1H3,(H,18,20). The molecule has 0 aliphatic heterocycles. The fourth-order valence-electron chi connectivity index (χ4n) is 1.73. The summed E-state index contributed by atoms with van der Waals surface area (Å²) in [5.41, 5.74) is -0.270. The lowest BCUT2D eigenvalue weighted by Gasteiger charge is -2.14. The van der Waals surface area contributed by atoms with Crippen molar-refractivity contribution in [2.75, 3.05) is 0 Å². The molecule has 1 N–H and O–H groups in total. The van der Waals surface area contributed by atoms with Gasteiger partial charge in [-0.25, -0.2) is 13.2 Å². The highest BCUT2D eigenvalue weighted by molar-refractivity contribution is 5.94. The van der Waals surface area contributed by atoms with Crippen LogP contribution in [0.1, 0.15) is 17.3 Å². The van der Waals surface area contributed by atoms with Gasteiger partial charge in [0.1, 0.15) is 0 Å². The molecule has 7 heteroatoms. The van der Waals surface area contributed by atoms with E-state index in [2.05, 4.69) is 10.4 Å². The van der Waals surface area contributed by atoms with Gasteiger partial charge in [0.25, 0.3) is 5.91 Å². The summed E-state index contributed by atoms with van der Waals surface area (Å²) in [6.07, 6.45) is 3.32. The normalized spacial score (nSPS) is 12.2. The number of amides is 1. The quantitative estimate of drug-likeness (QED) is 0.874. The summed E-state index contributed by atoms with van der Waals surface area (Å²) in [4.78, 5) is 11.8. The molecule has 0 aliphatic carbocycles. The molecule has 1 aromatic heterocycles. The second-order valence-electron chi connectivity index (χ2n) is 4.36. The Labute approximate surface area is 113 Å². The predicted molar refractivity (Wildman–Crippen MR) is 65.5 cm³/mol. The van der Waals surface area contributed by atoms with Crippen molar-refractivity contribution in [3.05, 3.63) is 53.6 Å². The van der Waals surface area contributed by atoms with Crippen LogP contribution in [0.5, 0.6) is 0 Å². The molecule has 106 valence electrons. The van der Waals surface area contributed by atoms with Crippen molar-refractivity contribution in [2.24, 2.45) is 0 Å². The van der Waals surface area contributed by atoms with Gasteiger partial charge < -0.3 is 5.32 Å². The van der Waals surface area contributed by atoms with Crippen molar-refractivity contribution >= 4 is 5.91 Å². The summed E-state index contributed by atoms with van der Waals surface area (Å²) in [5.74, 6) is -5.06. The Morgan fingerprint density at radius 1 is 1.35 bits per heavy atom. The van der Waals surface area contributed by atoms with E-state index in [0.717, 1.165) is 0 Å². The molecular weight excluding hydrogens is 271 g/mol. The van der Waals surface area contributed by atoms with E-state index >= 15 is 0 Å². The van der Waals surface area contributed by atoms with Crippen LogP contribution in [0.4, 0.5) is 13.2 Å². The van der Waals surface area contributed by atoms with Gasteiger partial charge in [-0.3, -0.25) is 9.48 Å². The van der Waals surface area contributed by atoms with Crippen LogP contribution in [-0.2, 0) is 6.54 Å². The van der Waals surface area contributed by atoms with Crippen molar-refractivity contribution in [1.82, 2.24) is 15.1 Å². The highest BCUT2D eigenvalue weighted by Gasteiger charge is 2.16. The molecule has 1 aromatic carbocycles. The van der Waals surface area contributed by atoms with E-state index in [4.69, 9.17) is 0 Å². The zero-order chi connectivity index (χ0) is 14.7. The Kier molecular flexibility index (Phi) is 4.07. The van der Waals surface area contributed by atoms with Gasteiger partial charge in [-0.1, -0.05) is 0 Å². The highest BCUT2D eigenvalue weighted by atomic mass is 19.2. The Morgan fingerprint density at radius 2 is 2.00 bits per heavy atom. The molecule has 0 fully saturated rings. The minimum Gasteiger partial charge on any atom is -0.348 e. The van der Waals surface area contributed by atoms with Gasteiger partial charge in [0.05, 0.1) is 6.54 Å². The number of nitrogens with zero attached hydrogens (tertiary/aromatic N) is 2. The average molecular weight is 283 g/mol. The Balaban J connectivity index is 2.04. The molecule has 1 atom stereocenters. The Morgan fingerprint density at radius 3 is 2.55 bits per heavy atom. The predicted octanol–water partition coefficient (Wildman–Crippen LogP) is 2.12. The highest BCUT2D eigenvalue weighted by Crippen LogP contribution is 2.13. The van der Waals surface area contributed by atoms with Crippen LogP contribution in [-0.4, -0.2) is 21.7 Å².